The maximum absolute atomic E-state index is 11.7. The molecule has 0 bridgehead atoms. The lowest BCUT2D eigenvalue weighted by Gasteiger charge is -2.14. The Hall–Kier alpha value is -2.03. The lowest BCUT2D eigenvalue weighted by Crippen LogP contribution is -2.39. The van der Waals surface area contributed by atoms with Crippen LogP contribution in [0.2, 0.25) is 0 Å². The maximum Gasteiger partial charge on any atom is 0.325 e. The molecule has 0 aromatic carbocycles. The van der Waals surface area contributed by atoms with Crippen LogP contribution in [0, 0.1) is 0 Å². The number of likely N-dealkylation sites (tertiary alicyclic amines) is 1. The van der Waals surface area contributed by atoms with E-state index in [1.54, 1.807) is 4.68 Å². The zero-order chi connectivity index (χ0) is 15.2. The SMILES string of the molecule is CC(NC(=O)Cc1nnnn1CCN1CCCC1)C(=O)O. The first-order valence-corrected chi connectivity index (χ1v) is 7.06. The minimum Gasteiger partial charge on any atom is -0.480 e. The van der Waals surface area contributed by atoms with Gasteiger partial charge in [0.1, 0.15) is 6.04 Å². The van der Waals surface area contributed by atoms with E-state index in [9.17, 15) is 9.59 Å². The maximum atomic E-state index is 11.7. The van der Waals surface area contributed by atoms with Crippen molar-refractivity contribution in [3.63, 3.8) is 0 Å². The minimum atomic E-state index is -1.07. The number of rotatable bonds is 7. The molecule has 1 fully saturated rings. The number of amides is 1. The van der Waals surface area contributed by atoms with E-state index >= 15 is 0 Å². The number of nitrogens with zero attached hydrogens (tertiary/aromatic N) is 5. The van der Waals surface area contributed by atoms with Crippen molar-refractivity contribution in [3.05, 3.63) is 5.82 Å². The Morgan fingerprint density at radius 1 is 1.33 bits per heavy atom. The van der Waals surface area contributed by atoms with Crippen molar-refractivity contribution in [2.75, 3.05) is 19.6 Å². The summed E-state index contributed by atoms with van der Waals surface area (Å²) < 4.78 is 1.60. The molecule has 1 amide bonds. The van der Waals surface area contributed by atoms with Gasteiger partial charge in [-0.1, -0.05) is 0 Å². The quantitative estimate of drug-likeness (QED) is 0.656. The van der Waals surface area contributed by atoms with E-state index in [2.05, 4.69) is 25.7 Å². The number of tetrazole rings is 1. The highest BCUT2D eigenvalue weighted by molar-refractivity contribution is 5.84. The van der Waals surface area contributed by atoms with Gasteiger partial charge in [0.15, 0.2) is 5.82 Å². The number of carboxylic acid groups (broad SMARTS) is 1. The Kier molecular flexibility index (Phi) is 5.20. The van der Waals surface area contributed by atoms with Crippen LogP contribution < -0.4 is 5.32 Å². The van der Waals surface area contributed by atoms with Gasteiger partial charge in [-0.2, -0.15) is 0 Å². The molecule has 116 valence electrons. The third-order valence-corrected chi connectivity index (χ3v) is 3.50. The minimum absolute atomic E-state index is 0.0232. The van der Waals surface area contributed by atoms with Gasteiger partial charge in [0.2, 0.25) is 5.91 Å². The standard InChI is InChI=1S/C12H20N6O3/c1-9(12(20)21)13-11(19)8-10-14-15-16-18(10)7-6-17-4-2-3-5-17/h9H,2-8H2,1H3,(H,13,19)(H,20,21). The second kappa shape index (κ2) is 7.11. The van der Waals surface area contributed by atoms with E-state index in [4.69, 9.17) is 5.11 Å². The molecule has 1 unspecified atom stereocenters. The largest absolute Gasteiger partial charge is 0.480 e. The number of carbonyl (C=O) groups is 2. The van der Waals surface area contributed by atoms with E-state index in [-0.39, 0.29) is 6.42 Å². The van der Waals surface area contributed by atoms with Gasteiger partial charge in [-0.15, -0.1) is 5.10 Å². The Morgan fingerprint density at radius 2 is 2.05 bits per heavy atom. The summed E-state index contributed by atoms with van der Waals surface area (Å²) in [6, 6.07) is -0.925. The normalized spacial score (nSPS) is 16.8. The molecule has 2 rings (SSSR count). The lowest BCUT2D eigenvalue weighted by atomic mass is 10.3. The molecule has 2 N–H and O–H groups in total. The molecule has 0 radical (unpaired) electrons. The number of nitrogens with one attached hydrogen (secondary N) is 1. The number of carbonyl (C=O) groups excluding carboxylic acids is 1. The lowest BCUT2D eigenvalue weighted by molar-refractivity contribution is -0.141. The van der Waals surface area contributed by atoms with Crippen LogP contribution in [-0.2, 0) is 22.6 Å². The number of aromatic nitrogens is 4. The van der Waals surface area contributed by atoms with Crippen molar-refractivity contribution in [1.82, 2.24) is 30.4 Å². The van der Waals surface area contributed by atoms with Gasteiger partial charge in [0.25, 0.3) is 0 Å². The Morgan fingerprint density at radius 3 is 2.71 bits per heavy atom. The highest BCUT2D eigenvalue weighted by Crippen LogP contribution is 2.07. The van der Waals surface area contributed by atoms with Crippen molar-refractivity contribution in [2.45, 2.75) is 38.8 Å². The predicted octanol–water partition coefficient (Wildman–Crippen LogP) is -1.10. The van der Waals surface area contributed by atoms with Crippen LogP contribution in [0.4, 0.5) is 0 Å². The van der Waals surface area contributed by atoms with Crippen molar-refractivity contribution in [1.29, 1.82) is 0 Å². The fourth-order valence-electron chi connectivity index (χ4n) is 2.26. The van der Waals surface area contributed by atoms with Crippen molar-refractivity contribution < 1.29 is 14.7 Å². The van der Waals surface area contributed by atoms with Crippen LogP contribution in [0.3, 0.4) is 0 Å². The molecular formula is C12H20N6O3. The molecule has 1 aliphatic heterocycles. The average molecular weight is 296 g/mol. The highest BCUT2D eigenvalue weighted by atomic mass is 16.4. The topological polar surface area (TPSA) is 113 Å². The van der Waals surface area contributed by atoms with Gasteiger partial charge in [-0.25, -0.2) is 4.68 Å². The fourth-order valence-corrected chi connectivity index (χ4v) is 2.26. The predicted molar refractivity (Wildman–Crippen MR) is 72.4 cm³/mol. The molecule has 9 nitrogen and oxygen atoms in total. The van der Waals surface area contributed by atoms with E-state index in [1.165, 1.54) is 19.8 Å². The average Bonchev–Trinajstić information content (AvgIpc) is 3.07. The third-order valence-electron chi connectivity index (χ3n) is 3.50. The molecule has 1 aromatic heterocycles. The smallest absolute Gasteiger partial charge is 0.325 e. The molecule has 0 aliphatic carbocycles. The zero-order valence-electron chi connectivity index (χ0n) is 12.0. The van der Waals surface area contributed by atoms with E-state index in [0.717, 1.165) is 19.6 Å². The molecule has 0 saturated carbocycles. The van der Waals surface area contributed by atoms with Crippen LogP contribution in [0.1, 0.15) is 25.6 Å². The Labute approximate surface area is 122 Å². The first-order valence-electron chi connectivity index (χ1n) is 7.06. The summed E-state index contributed by atoms with van der Waals surface area (Å²) in [5.74, 6) is -1.02. The molecule has 1 aliphatic rings. The first kappa shape index (κ1) is 15.4. The molecule has 1 atom stereocenters. The Balaban J connectivity index is 1.84. The molecule has 2 heterocycles. The van der Waals surface area contributed by atoms with E-state index in [1.807, 2.05) is 0 Å². The highest BCUT2D eigenvalue weighted by Gasteiger charge is 2.18. The van der Waals surface area contributed by atoms with Crippen LogP contribution in [0.5, 0.6) is 0 Å². The number of carboxylic acids is 1. The van der Waals surface area contributed by atoms with Crippen molar-refractivity contribution >= 4 is 11.9 Å². The van der Waals surface area contributed by atoms with Crippen LogP contribution >= 0.6 is 0 Å². The molecule has 1 aromatic rings. The van der Waals surface area contributed by atoms with Crippen LogP contribution in [-0.4, -0.2) is 67.8 Å². The van der Waals surface area contributed by atoms with Crippen molar-refractivity contribution in [3.8, 4) is 0 Å². The summed E-state index contributed by atoms with van der Waals surface area (Å²) in [6.45, 7) is 5.08. The molecular weight excluding hydrogens is 276 g/mol. The summed E-state index contributed by atoms with van der Waals surface area (Å²) in [5, 5.41) is 22.4. The summed E-state index contributed by atoms with van der Waals surface area (Å²) in [7, 11) is 0. The summed E-state index contributed by atoms with van der Waals surface area (Å²) >= 11 is 0. The van der Waals surface area contributed by atoms with Gasteiger partial charge >= 0.3 is 5.97 Å². The molecule has 1 saturated heterocycles. The fraction of sp³-hybridized carbons (Fsp3) is 0.750. The number of hydrogen-bond acceptors (Lipinski definition) is 6. The van der Waals surface area contributed by atoms with Gasteiger partial charge < -0.3 is 15.3 Å². The van der Waals surface area contributed by atoms with Gasteiger partial charge in [0.05, 0.1) is 13.0 Å². The van der Waals surface area contributed by atoms with Crippen molar-refractivity contribution in [2.24, 2.45) is 0 Å². The monoisotopic (exact) mass is 296 g/mol. The summed E-state index contributed by atoms with van der Waals surface area (Å²) in [6.07, 6.45) is 2.42. The van der Waals surface area contributed by atoms with Crippen LogP contribution in [0.15, 0.2) is 0 Å². The first-order chi connectivity index (χ1) is 10.1. The second-order valence-corrected chi connectivity index (χ2v) is 5.17. The third kappa shape index (κ3) is 4.48. The van der Waals surface area contributed by atoms with E-state index < -0.39 is 17.9 Å². The van der Waals surface area contributed by atoms with Gasteiger partial charge in [-0.3, -0.25) is 9.59 Å². The van der Waals surface area contributed by atoms with Crippen LogP contribution in [0.25, 0.3) is 0 Å². The summed E-state index contributed by atoms with van der Waals surface area (Å²) in [5.41, 5.74) is 0. The van der Waals surface area contributed by atoms with Gasteiger partial charge in [0, 0.05) is 6.54 Å². The molecule has 21 heavy (non-hydrogen) atoms. The van der Waals surface area contributed by atoms with E-state index in [0.29, 0.717) is 12.4 Å². The Bertz CT molecular complexity index is 497. The summed E-state index contributed by atoms with van der Waals surface area (Å²) in [4.78, 5) is 24.8. The zero-order valence-corrected chi connectivity index (χ0v) is 12.0. The number of hydrogen-bond donors (Lipinski definition) is 2. The number of aliphatic carboxylic acids is 1. The van der Waals surface area contributed by atoms with Gasteiger partial charge in [-0.05, 0) is 43.3 Å². The molecule has 9 heteroatoms. The molecule has 0 spiro atoms. The second-order valence-electron chi connectivity index (χ2n) is 5.17.